The minimum Gasteiger partial charge on any atom is -0.479 e. The number of halogens is 1. The average molecular weight is 293 g/mol. The lowest BCUT2D eigenvalue weighted by molar-refractivity contribution is 0.399. The molecule has 1 aromatic carbocycles. The number of nitrogen functional groups attached to an aromatic ring is 1. The van der Waals surface area contributed by atoms with Gasteiger partial charge in [0.05, 0.1) is 13.2 Å². The molecule has 0 fully saturated rings. The normalized spacial score (nSPS) is 12.0. The fourth-order valence-electron chi connectivity index (χ4n) is 1.99. The number of ether oxygens (including phenoxy) is 1. The Morgan fingerprint density at radius 3 is 2.75 bits per heavy atom. The molecular formula is C14H17ClN4O. The second-order valence-corrected chi connectivity index (χ2v) is 4.90. The molecule has 0 bridgehead atoms. The topological polar surface area (TPSA) is 64.3 Å². The Labute approximate surface area is 123 Å². The first-order valence-corrected chi connectivity index (χ1v) is 6.55. The maximum atomic E-state index is 6.03. The smallest absolute Gasteiger partial charge is 0.242 e. The molecule has 2 rings (SSSR count). The van der Waals surface area contributed by atoms with E-state index in [1.54, 1.807) is 0 Å². The van der Waals surface area contributed by atoms with Gasteiger partial charge in [0.15, 0.2) is 5.82 Å². The van der Waals surface area contributed by atoms with Crippen LogP contribution in [0.15, 0.2) is 30.6 Å². The van der Waals surface area contributed by atoms with Crippen molar-refractivity contribution in [2.24, 2.45) is 0 Å². The van der Waals surface area contributed by atoms with Gasteiger partial charge in [-0.1, -0.05) is 23.7 Å². The summed E-state index contributed by atoms with van der Waals surface area (Å²) in [7, 11) is 3.45. The zero-order valence-corrected chi connectivity index (χ0v) is 12.4. The van der Waals surface area contributed by atoms with E-state index in [9.17, 15) is 0 Å². The third-order valence-corrected chi connectivity index (χ3v) is 3.50. The predicted octanol–water partition coefficient (Wildman–Crippen LogP) is 2.92. The highest BCUT2D eigenvalue weighted by Crippen LogP contribution is 2.32. The number of hydrogen-bond acceptors (Lipinski definition) is 5. The van der Waals surface area contributed by atoms with Crippen LogP contribution in [0.4, 0.5) is 11.5 Å². The molecule has 0 aliphatic rings. The van der Waals surface area contributed by atoms with Gasteiger partial charge in [-0.2, -0.15) is 4.98 Å². The molecular weight excluding hydrogens is 276 g/mol. The van der Waals surface area contributed by atoms with Gasteiger partial charge in [-0.25, -0.2) is 4.98 Å². The quantitative estimate of drug-likeness (QED) is 0.938. The summed E-state index contributed by atoms with van der Waals surface area (Å²) in [6, 6.07) is 7.78. The summed E-state index contributed by atoms with van der Waals surface area (Å²) in [5, 5.41) is 0.705. The third kappa shape index (κ3) is 2.77. The molecule has 0 aliphatic heterocycles. The van der Waals surface area contributed by atoms with Gasteiger partial charge in [0, 0.05) is 12.1 Å². The number of benzene rings is 1. The highest BCUT2D eigenvalue weighted by Gasteiger charge is 2.18. The number of rotatable bonds is 4. The molecule has 1 heterocycles. The maximum Gasteiger partial charge on any atom is 0.242 e. The van der Waals surface area contributed by atoms with Crippen molar-refractivity contribution >= 4 is 23.1 Å². The van der Waals surface area contributed by atoms with E-state index in [0.29, 0.717) is 22.4 Å². The van der Waals surface area contributed by atoms with Crippen LogP contribution in [0.3, 0.4) is 0 Å². The lowest BCUT2D eigenvalue weighted by Crippen LogP contribution is -2.24. The number of methoxy groups -OCH3 is 1. The molecule has 0 amide bonds. The minimum atomic E-state index is 0.0654. The molecule has 1 aromatic heterocycles. The van der Waals surface area contributed by atoms with Crippen molar-refractivity contribution in [1.82, 2.24) is 9.97 Å². The second kappa shape index (κ2) is 5.96. The summed E-state index contributed by atoms with van der Waals surface area (Å²) in [4.78, 5) is 10.2. The first kappa shape index (κ1) is 14.4. The van der Waals surface area contributed by atoms with Gasteiger partial charge in [-0.05, 0) is 24.6 Å². The summed E-state index contributed by atoms with van der Waals surface area (Å²) < 4.78 is 5.12. The summed E-state index contributed by atoms with van der Waals surface area (Å²) in [6.07, 6.45) is 1.44. The Morgan fingerprint density at radius 1 is 1.35 bits per heavy atom. The summed E-state index contributed by atoms with van der Waals surface area (Å²) in [5.41, 5.74) is 7.53. The van der Waals surface area contributed by atoms with Crippen molar-refractivity contribution < 1.29 is 4.74 Å². The molecule has 20 heavy (non-hydrogen) atoms. The van der Waals surface area contributed by atoms with Gasteiger partial charge in [0.25, 0.3) is 0 Å². The Bertz CT molecular complexity index is 605. The molecule has 0 spiro atoms. The SMILES string of the molecule is COc1ncnc(N(C)C(C)c2cccc(Cl)c2)c1N. The second-order valence-electron chi connectivity index (χ2n) is 4.46. The van der Waals surface area contributed by atoms with E-state index in [2.05, 4.69) is 16.9 Å². The molecule has 1 unspecified atom stereocenters. The van der Waals surface area contributed by atoms with E-state index in [1.807, 2.05) is 36.2 Å². The van der Waals surface area contributed by atoms with Crippen molar-refractivity contribution in [3.63, 3.8) is 0 Å². The summed E-state index contributed by atoms with van der Waals surface area (Å²) in [5.74, 6) is 1.00. The van der Waals surface area contributed by atoms with E-state index >= 15 is 0 Å². The van der Waals surface area contributed by atoms with Gasteiger partial charge in [-0.3, -0.25) is 0 Å². The molecule has 0 saturated carbocycles. The van der Waals surface area contributed by atoms with Crippen molar-refractivity contribution in [2.75, 3.05) is 24.8 Å². The Kier molecular flexibility index (Phi) is 4.29. The van der Waals surface area contributed by atoms with Gasteiger partial charge in [-0.15, -0.1) is 0 Å². The minimum absolute atomic E-state index is 0.0654. The third-order valence-electron chi connectivity index (χ3n) is 3.27. The van der Waals surface area contributed by atoms with Crippen LogP contribution in [-0.2, 0) is 0 Å². The molecule has 6 heteroatoms. The standard InChI is InChI=1S/C14H17ClN4O/c1-9(10-5-4-6-11(15)7-10)19(2)13-12(16)14(20-3)18-8-17-13/h4-9H,16H2,1-3H3. The highest BCUT2D eigenvalue weighted by molar-refractivity contribution is 6.30. The molecule has 0 saturated heterocycles. The predicted molar refractivity (Wildman–Crippen MR) is 81.3 cm³/mol. The Balaban J connectivity index is 2.33. The fraction of sp³-hybridized carbons (Fsp3) is 0.286. The van der Waals surface area contributed by atoms with Gasteiger partial charge in [0.2, 0.25) is 5.88 Å². The zero-order valence-electron chi connectivity index (χ0n) is 11.7. The fourth-order valence-corrected chi connectivity index (χ4v) is 2.19. The van der Waals surface area contributed by atoms with E-state index < -0.39 is 0 Å². The van der Waals surface area contributed by atoms with Gasteiger partial charge >= 0.3 is 0 Å². The summed E-state index contributed by atoms with van der Waals surface area (Å²) >= 11 is 6.03. The Hall–Kier alpha value is -2.01. The monoisotopic (exact) mass is 292 g/mol. The summed E-state index contributed by atoms with van der Waals surface area (Å²) in [6.45, 7) is 2.06. The van der Waals surface area contributed by atoms with E-state index in [0.717, 1.165) is 5.56 Å². The average Bonchev–Trinajstić information content (AvgIpc) is 2.46. The zero-order chi connectivity index (χ0) is 14.7. The maximum absolute atomic E-state index is 6.03. The largest absolute Gasteiger partial charge is 0.479 e. The van der Waals surface area contributed by atoms with E-state index in [1.165, 1.54) is 13.4 Å². The van der Waals surface area contributed by atoms with Crippen molar-refractivity contribution in [2.45, 2.75) is 13.0 Å². The number of nitrogens with two attached hydrogens (primary N) is 1. The first-order chi connectivity index (χ1) is 9.54. The van der Waals surface area contributed by atoms with Crippen LogP contribution in [0.1, 0.15) is 18.5 Å². The van der Waals surface area contributed by atoms with Crippen LogP contribution in [0.5, 0.6) is 5.88 Å². The molecule has 106 valence electrons. The molecule has 0 radical (unpaired) electrons. The van der Waals surface area contributed by atoms with Gasteiger partial charge in [0.1, 0.15) is 12.0 Å². The van der Waals surface area contributed by atoms with Crippen LogP contribution >= 0.6 is 11.6 Å². The van der Waals surface area contributed by atoms with Crippen LogP contribution in [0.2, 0.25) is 5.02 Å². The molecule has 0 aliphatic carbocycles. The van der Waals surface area contributed by atoms with Crippen LogP contribution in [-0.4, -0.2) is 24.1 Å². The van der Waals surface area contributed by atoms with Crippen LogP contribution in [0, 0.1) is 0 Å². The Morgan fingerprint density at radius 2 is 2.10 bits per heavy atom. The first-order valence-electron chi connectivity index (χ1n) is 6.17. The molecule has 2 aromatic rings. The van der Waals surface area contributed by atoms with Crippen molar-refractivity contribution in [1.29, 1.82) is 0 Å². The lowest BCUT2D eigenvalue weighted by atomic mass is 10.1. The number of aromatic nitrogens is 2. The number of nitrogens with zero attached hydrogens (tertiary/aromatic N) is 3. The number of anilines is 2. The van der Waals surface area contributed by atoms with E-state index in [-0.39, 0.29) is 6.04 Å². The molecule has 2 N–H and O–H groups in total. The van der Waals surface area contributed by atoms with Crippen LogP contribution < -0.4 is 15.4 Å². The molecule has 5 nitrogen and oxygen atoms in total. The lowest BCUT2D eigenvalue weighted by Gasteiger charge is -2.27. The number of hydrogen-bond donors (Lipinski definition) is 1. The van der Waals surface area contributed by atoms with Gasteiger partial charge < -0.3 is 15.4 Å². The van der Waals surface area contributed by atoms with Crippen molar-refractivity contribution in [3.05, 3.63) is 41.2 Å². The molecule has 1 atom stereocenters. The van der Waals surface area contributed by atoms with Crippen molar-refractivity contribution in [3.8, 4) is 5.88 Å². The van der Waals surface area contributed by atoms with E-state index in [4.69, 9.17) is 22.1 Å². The highest BCUT2D eigenvalue weighted by atomic mass is 35.5. The van der Waals surface area contributed by atoms with Crippen LogP contribution in [0.25, 0.3) is 0 Å².